The predicted octanol–water partition coefficient (Wildman–Crippen LogP) is 2.53. The molecule has 1 aromatic heterocycles. The minimum absolute atomic E-state index is 0.0211. The first kappa shape index (κ1) is 13.3. The van der Waals surface area contributed by atoms with E-state index in [0.717, 1.165) is 0 Å². The Morgan fingerprint density at radius 1 is 0.842 bits per heavy atom. The number of halogens is 6. The van der Waals surface area contributed by atoms with Crippen molar-refractivity contribution in [2.45, 2.75) is 12.4 Å². The van der Waals surface area contributed by atoms with Gasteiger partial charge in [0.15, 0.2) is 0 Å². The predicted molar refractivity (Wildman–Crippen MR) is 48.6 cm³/mol. The van der Waals surface area contributed by atoms with E-state index in [4.69, 9.17) is 0 Å². The maximum atomic E-state index is 12.5. The maximum absolute atomic E-state index is 12.5. The van der Waals surface area contributed by atoms with Crippen molar-refractivity contribution in [2.24, 2.45) is 0 Å². The van der Waals surface area contributed by atoms with Crippen LogP contribution in [0.5, 0.6) is 0 Å². The molecule has 0 saturated carbocycles. The quantitative estimate of drug-likeness (QED) is 0.754. The molecule has 0 N–H and O–H groups in total. The Hall–Kier alpha value is -2.13. The zero-order chi connectivity index (χ0) is 14.3. The third-order valence-corrected chi connectivity index (χ3v) is 2.16. The summed E-state index contributed by atoms with van der Waals surface area (Å²) < 4.78 is 75.2. The summed E-state index contributed by atoms with van der Waals surface area (Å²) in [4.78, 5) is 0. The van der Waals surface area contributed by atoms with E-state index in [2.05, 4.69) is 20.6 Å². The fourth-order valence-corrected chi connectivity index (χ4v) is 1.34. The second-order valence-corrected chi connectivity index (χ2v) is 3.50. The van der Waals surface area contributed by atoms with Crippen molar-refractivity contribution in [3.63, 3.8) is 0 Å². The molecule has 0 spiro atoms. The molecular weight excluding hydrogens is 278 g/mol. The Morgan fingerprint density at radius 2 is 1.37 bits per heavy atom. The zero-order valence-electron chi connectivity index (χ0n) is 8.79. The van der Waals surface area contributed by atoms with Gasteiger partial charge in [-0.3, -0.25) is 10.3 Å². The fourth-order valence-electron chi connectivity index (χ4n) is 1.34. The Balaban J connectivity index is 2.62. The van der Waals surface area contributed by atoms with Crippen molar-refractivity contribution >= 4 is 0 Å². The lowest BCUT2D eigenvalue weighted by Gasteiger charge is -2.14. The average Bonchev–Trinajstić information content (AvgIpc) is 2.79. The molecule has 1 aromatic carbocycles. The van der Waals surface area contributed by atoms with Gasteiger partial charge >= 0.3 is 12.4 Å². The Morgan fingerprint density at radius 3 is 1.74 bits per heavy atom. The van der Waals surface area contributed by atoms with Crippen molar-refractivity contribution in [1.82, 2.24) is 20.6 Å². The van der Waals surface area contributed by atoms with E-state index in [1.807, 2.05) is 0 Å². The number of hydrogen-bond donors (Lipinski definition) is 0. The molecule has 2 aromatic rings. The molecule has 102 valence electrons. The van der Waals surface area contributed by atoms with Gasteiger partial charge in [-0.15, -0.1) is 0 Å². The van der Waals surface area contributed by atoms with E-state index >= 15 is 0 Å². The summed E-state index contributed by atoms with van der Waals surface area (Å²) in [7, 11) is 0. The van der Waals surface area contributed by atoms with Crippen molar-refractivity contribution in [3.8, 4) is 11.4 Å². The van der Waals surface area contributed by atoms with Crippen LogP contribution in [0, 0.1) is 0 Å². The average molecular weight is 281 g/mol. The molecule has 2 rings (SSSR count). The normalized spacial score (nSPS) is 12.7. The summed E-state index contributed by atoms with van der Waals surface area (Å²) >= 11 is 0. The molecular formula is C9H3F6N4-. The van der Waals surface area contributed by atoms with Gasteiger partial charge in [0.1, 0.15) is 0 Å². The third kappa shape index (κ3) is 2.83. The smallest absolute Gasteiger partial charge is 0.330 e. The first-order valence-corrected chi connectivity index (χ1v) is 4.66. The molecule has 0 fully saturated rings. The third-order valence-electron chi connectivity index (χ3n) is 2.16. The Labute approximate surface area is 101 Å². The van der Waals surface area contributed by atoms with Gasteiger partial charge in [0.05, 0.1) is 11.1 Å². The van der Waals surface area contributed by atoms with Crippen molar-refractivity contribution in [2.75, 3.05) is 0 Å². The lowest BCUT2D eigenvalue weighted by Crippen LogP contribution is -2.11. The number of hydrogen-bond acceptors (Lipinski definition) is 3. The fraction of sp³-hybridized carbons (Fsp3) is 0.222. The number of aromatic nitrogens is 4. The van der Waals surface area contributed by atoms with E-state index in [1.165, 1.54) is 0 Å². The lowest BCUT2D eigenvalue weighted by atomic mass is 10.0. The summed E-state index contributed by atoms with van der Waals surface area (Å²) in [6, 6.07) is 1.04. The Kier molecular flexibility index (Phi) is 2.95. The van der Waals surface area contributed by atoms with Gasteiger partial charge < -0.3 is 5.10 Å². The maximum Gasteiger partial charge on any atom is 0.416 e. The van der Waals surface area contributed by atoms with Gasteiger partial charge in [-0.05, 0) is 23.8 Å². The van der Waals surface area contributed by atoms with Gasteiger partial charge in [0.25, 0.3) is 0 Å². The summed E-state index contributed by atoms with van der Waals surface area (Å²) in [6.07, 6.45) is -9.83. The monoisotopic (exact) mass is 281 g/mol. The summed E-state index contributed by atoms with van der Waals surface area (Å²) in [5.41, 5.74) is -3.34. The van der Waals surface area contributed by atoms with E-state index in [-0.39, 0.29) is 6.07 Å². The molecule has 0 aliphatic rings. The second-order valence-electron chi connectivity index (χ2n) is 3.50. The summed E-state index contributed by atoms with van der Waals surface area (Å²) in [5, 5.41) is 12.5. The number of nitrogens with zero attached hydrogens (tertiary/aromatic N) is 4. The van der Waals surface area contributed by atoms with E-state index in [1.54, 1.807) is 0 Å². The van der Waals surface area contributed by atoms with Crippen LogP contribution in [0.1, 0.15) is 11.1 Å². The van der Waals surface area contributed by atoms with E-state index < -0.39 is 34.9 Å². The number of rotatable bonds is 1. The molecule has 1 heterocycles. The lowest BCUT2D eigenvalue weighted by molar-refractivity contribution is -0.143. The molecule has 0 atom stereocenters. The molecule has 0 radical (unpaired) electrons. The van der Waals surface area contributed by atoms with Crippen LogP contribution in [0.25, 0.3) is 11.4 Å². The van der Waals surface area contributed by atoms with E-state index in [0.29, 0.717) is 12.1 Å². The van der Waals surface area contributed by atoms with Gasteiger partial charge in [-0.25, -0.2) is 0 Å². The van der Waals surface area contributed by atoms with Gasteiger partial charge in [0, 0.05) is 5.82 Å². The van der Waals surface area contributed by atoms with Crippen LogP contribution in [0.4, 0.5) is 26.3 Å². The van der Waals surface area contributed by atoms with Gasteiger partial charge in [-0.2, -0.15) is 31.6 Å². The molecule has 0 saturated heterocycles. The van der Waals surface area contributed by atoms with Gasteiger partial charge in [-0.1, -0.05) is 0 Å². The molecule has 4 nitrogen and oxygen atoms in total. The van der Waals surface area contributed by atoms with E-state index in [9.17, 15) is 26.3 Å². The topological polar surface area (TPSA) is 52.8 Å². The van der Waals surface area contributed by atoms with Crippen molar-refractivity contribution in [3.05, 3.63) is 29.3 Å². The second kappa shape index (κ2) is 4.21. The summed E-state index contributed by atoms with van der Waals surface area (Å²) in [6.45, 7) is 0. The van der Waals surface area contributed by atoms with Crippen LogP contribution in [0.3, 0.4) is 0 Å². The van der Waals surface area contributed by atoms with Crippen molar-refractivity contribution in [1.29, 1.82) is 0 Å². The van der Waals surface area contributed by atoms with Crippen LogP contribution >= 0.6 is 0 Å². The largest absolute Gasteiger partial charge is 0.416 e. The number of benzene rings is 1. The van der Waals surface area contributed by atoms with Gasteiger partial charge in [0.2, 0.25) is 0 Å². The van der Waals surface area contributed by atoms with Crippen LogP contribution in [-0.4, -0.2) is 15.5 Å². The zero-order valence-corrected chi connectivity index (χ0v) is 8.79. The SMILES string of the molecule is FC(F)(F)c1cc(-c2nnn[n-]2)cc(C(F)(F)F)c1. The minimum Gasteiger partial charge on any atom is -0.330 e. The highest BCUT2D eigenvalue weighted by molar-refractivity contribution is 5.57. The highest BCUT2D eigenvalue weighted by Crippen LogP contribution is 2.37. The minimum atomic E-state index is -4.91. The molecule has 10 heteroatoms. The number of alkyl halides is 6. The first-order chi connectivity index (χ1) is 8.68. The first-order valence-electron chi connectivity index (χ1n) is 4.66. The highest BCUT2D eigenvalue weighted by atomic mass is 19.4. The van der Waals surface area contributed by atoms with Crippen molar-refractivity contribution < 1.29 is 26.3 Å². The van der Waals surface area contributed by atoms with Crippen LogP contribution in [0.15, 0.2) is 18.2 Å². The molecule has 0 bridgehead atoms. The van der Waals surface area contributed by atoms with Crippen LogP contribution in [0.2, 0.25) is 0 Å². The number of tetrazole rings is 1. The molecule has 0 aliphatic heterocycles. The summed E-state index contributed by atoms with van der Waals surface area (Å²) in [5.74, 6) is -0.406. The molecule has 0 unspecified atom stereocenters. The Bertz CT molecular complexity index is 539. The standard InChI is InChI=1S/C9H3F6N4/c10-8(11,12)5-1-4(7-16-18-19-17-7)2-6(3-5)9(13,14)15/h1-3H/q-1. The van der Waals surface area contributed by atoms with Crippen LogP contribution in [-0.2, 0) is 12.4 Å². The highest BCUT2D eigenvalue weighted by Gasteiger charge is 2.36. The molecule has 19 heavy (non-hydrogen) atoms. The van der Waals surface area contributed by atoms with Crippen LogP contribution < -0.4 is 5.10 Å². The molecule has 0 amide bonds. The molecule has 0 aliphatic carbocycles.